The molecular formula is C24H25FN2O5S. The van der Waals surface area contributed by atoms with E-state index in [9.17, 15) is 17.6 Å². The van der Waals surface area contributed by atoms with Gasteiger partial charge >= 0.3 is 0 Å². The third-order valence-corrected chi connectivity index (χ3v) is 5.91. The summed E-state index contributed by atoms with van der Waals surface area (Å²) in [6.45, 7) is 0.543. The molecule has 0 bridgehead atoms. The summed E-state index contributed by atoms with van der Waals surface area (Å²) in [5, 5.41) is 2.77. The Bertz CT molecular complexity index is 1180. The molecule has 33 heavy (non-hydrogen) atoms. The minimum atomic E-state index is -3.71. The number of ether oxygens (including phenoxy) is 2. The Morgan fingerprint density at radius 2 is 1.61 bits per heavy atom. The first-order valence-corrected chi connectivity index (χ1v) is 12.0. The molecule has 0 radical (unpaired) electrons. The number of rotatable bonds is 10. The zero-order chi connectivity index (χ0) is 23.8. The average Bonchev–Trinajstić information content (AvgIpc) is 2.81. The Morgan fingerprint density at radius 3 is 2.21 bits per heavy atom. The van der Waals surface area contributed by atoms with Crippen LogP contribution in [-0.2, 0) is 16.6 Å². The molecule has 0 saturated carbocycles. The summed E-state index contributed by atoms with van der Waals surface area (Å²) in [7, 11) is -2.13. The molecule has 0 spiro atoms. The third-order valence-electron chi connectivity index (χ3n) is 4.78. The van der Waals surface area contributed by atoms with E-state index in [0.717, 1.165) is 16.3 Å². The number of amides is 1. The highest BCUT2D eigenvalue weighted by molar-refractivity contribution is 7.92. The number of para-hydroxylation sites is 1. The molecule has 0 aliphatic carbocycles. The Hall–Kier alpha value is -3.59. The van der Waals surface area contributed by atoms with Crippen LogP contribution in [0.15, 0.2) is 72.8 Å². The number of benzene rings is 3. The zero-order valence-corrected chi connectivity index (χ0v) is 19.1. The van der Waals surface area contributed by atoms with E-state index < -0.39 is 15.8 Å². The summed E-state index contributed by atoms with van der Waals surface area (Å²) >= 11 is 0. The largest absolute Gasteiger partial charge is 0.497 e. The van der Waals surface area contributed by atoms with Gasteiger partial charge in [0.1, 0.15) is 23.9 Å². The fourth-order valence-electron chi connectivity index (χ4n) is 3.07. The van der Waals surface area contributed by atoms with E-state index in [1.165, 1.54) is 18.2 Å². The van der Waals surface area contributed by atoms with Crippen LogP contribution >= 0.6 is 0 Å². The molecule has 1 N–H and O–H groups in total. The van der Waals surface area contributed by atoms with Gasteiger partial charge in [-0.25, -0.2) is 12.8 Å². The van der Waals surface area contributed by atoms with Crippen LogP contribution in [0.2, 0.25) is 0 Å². The van der Waals surface area contributed by atoms with Gasteiger partial charge in [-0.1, -0.05) is 24.3 Å². The van der Waals surface area contributed by atoms with E-state index in [4.69, 9.17) is 9.47 Å². The second kappa shape index (κ2) is 10.8. The summed E-state index contributed by atoms with van der Waals surface area (Å²) in [5.74, 6) is 0.483. The highest BCUT2D eigenvalue weighted by atomic mass is 32.2. The second-order valence-corrected chi connectivity index (χ2v) is 9.10. The maximum absolute atomic E-state index is 14.2. The normalized spacial score (nSPS) is 11.0. The predicted octanol–water partition coefficient (Wildman–Crippen LogP) is 3.61. The summed E-state index contributed by atoms with van der Waals surface area (Å²) in [5.41, 5.74) is 1.00. The molecule has 0 unspecified atom stereocenters. The first kappa shape index (κ1) is 24.1. The lowest BCUT2D eigenvalue weighted by molar-refractivity contribution is 0.0947. The number of nitrogens with zero attached hydrogens (tertiary/aromatic N) is 1. The molecular weight excluding hydrogens is 447 g/mol. The van der Waals surface area contributed by atoms with Crippen LogP contribution in [0.1, 0.15) is 15.9 Å². The molecule has 9 heteroatoms. The molecule has 0 aromatic heterocycles. The first-order valence-electron chi connectivity index (χ1n) is 10.1. The van der Waals surface area contributed by atoms with Crippen molar-refractivity contribution in [2.24, 2.45) is 0 Å². The Kier molecular flexibility index (Phi) is 7.89. The van der Waals surface area contributed by atoms with Gasteiger partial charge in [-0.2, -0.15) is 0 Å². The minimum absolute atomic E-state index is 0.0290. The van der Waals surface area contributed by atoms with Gasteiger partial charge in [-0.3, -0.25) is 9.10 Å². The van der Waals surface area contributed by atoms with Gasteiger partial charge < -0.3 is 14.8 Å². The molecule has 1 amide bonds. The maximum atomic E-state index is 14.2. The van der Waals surface area contributed by atoms with E-state index >= 15 is 0 Å². The van der Waals surface area contributed by atoms with Crippen molar-refractivity contribution < 1.29 is 27.1 Å². The molecule has 3 aromatic carbocycles. The van der Waals surface area contributed by atoms with Crippen molar-refractivity contribution in [3.05, 3.63) is 89.7 Å². The average molecular weight is 473 g/mol. The molecule has 0 atom stereocenters. The highest BCUT2D eigenvalue weighted by Crippen LogP contribution is 2.24. The Balaban J connectivity index is 1.56. The molecule has 3 rings (SSSR count). The van der Waals surface area contributed by atoms with Gasteiger partial charge in [0.25, 0.3) is 5.91 Å². The Labute approximate surface area is 192 Å². The molecule has 3 aromatic rings. The van der Waals surface area contributed by atoms with Gasteiger partial charge in [0.2, 0.25) is 10.0 Å². The molecule has 0 fully saturated rings. The predicted molar refractivity (Wildman–Crippen MR) is 125 cm³/mol. The number of hydrogen-bond donors (Lipinski definition) is 1. The number of hydrogen-bond acceptors (Lipinski definition) is 5. The van der Waals surface area contributed by atoms with Gasteiger partial charge in [-0.15, -0.1) is 0 Å². The quantitative estimate of drug-likeness (QED) is 0.456. The lowest BCUT2D eigenvalue weighted by atomic mass is 10.1. The number of nitrogens with one attached hydrogen (secondary N) is 1. The number of halogens is 1. The first-order chi connectivity index (χ1) is 15.8. The maximum Gasteiger partial charge on any atom is 0.251 e. The van der Waals surface area contributed by atoms with Crippen molar-refractivity contribution in [2.75, 3.05) is 30.8 Å². The van der Waals surface area contributed by atoms with E-state index in [0.29, 0.717) is 30.0 Å². The molecule has 0 aliphatic rings. The molecule has 0 aliphatic heterocycles. The van der Waals surface area contributed by atoms with E-state index in [1.807, 2.05) is 0 Å². The number of carbonyl (C=O) groups is 1. The van der Waals surface area contributed by atoms with Crippen LogP contribution < -0.4 is 19.1 Å². The Morgan fingerprint density at radius 1 is 0.970 bits per heavy atom. The van der Waals surface area contributed by atoms with Gasteiger partial charge in [0.15, 0.2) is 0 Å². The summed E-state index contributed by atoms with van der Waals surface area (Å²) < 4.78 is 50.3. The summed E-state index contributed by atoms with van der Waals surface area (Å²) in [4.78, 5) is 12.4. The van der Waals surface area contributed by atoms with Crippen LogP contribution in [0.3, 0.4) is 0 Å². The SMILES string of the molecule is COc1ccc(OCCNC(=O)c2ccc(CN(c3ccccc3F)S(C)(=O)=O)cc2)cc1. The fourth-order valence-corrected chi connectivity index (χ4v) is 3.96. The standard InChI is InChI=1S/C24H25FN2O5S/c1-31-20-11-13-21(14-12-20)32-16-15-26-24(28)19-9-7-18(8-10-19)17-27(33(2,29)30)23-6-4-3-5-22(23)25/h3-14H,15-17H2,1-2H3,(H,26,28). The molecule has 7 nitrogen and oxygen atoms in total. The summed E-state index contributed by atoms with van der Waals surface area (Å²) in [6, 6.07) is 19.3. The van der Waals surface area contributed by atoms with Crippen molar-refractivity contribution in [3.8, 4) is 11.5 Å². The van der Waals surface area contributed by atoms with Crippen molar-refractivity contribution in [3.63, 3.8) is 0 Å². The minimum Gasteiger partial charge on any atom is -0.497 e. The number of sulfonamides is 1. The van der Waals surface area contributed by atoms with Crippen LogP contribution in [0, 0.1) is 5.82 Å². The molecule has 0 saturated heterocycles. The molecule has 0 heterocycles. The fraction of sp³-hybridized carbons (Fsp3) is 0.208. The van der Waals surface area contributed by atoms with Crippen LogP contribution in [0.5, 0.6) is 11.5 Å². The number of methoxy groups -OCH3 is 1. The van der Waals surface area contributed by atoms with Gasteiger partial charge in [0.05, 0.1) is 32.1 Å². The van der Waals surface area contributed by atoms with Crippen LogP contribution in [0.4, 0.5) is 10.1 Å². The van der Waals surface area contributed by atoms with E-state index in [2.05, 4.69) is 5.32 Å². The van der Waals surface area contributed by atoms with Crippen molar-refractivity contribution in [2.45, 2.75) is 6.54 Å². The monoisotopic (exact) mass is 472 g/mol. The van der Waals surface area contributed by atoms with Crippen molar-refractivity contribution in [1.82, 2.24) is 5.32 Å². The van der Waals surface area contributed by atoms with Crippen molar-refractivity contribution in [1.29, 1.82) is 0 Å². The third kappa shape index (κ3) is 6.69. The van der Waals surface area contributed by atoms with E-state index in [1.54, 1.807) is 61.7 Å². The van der Waals surface area contributed by atoms with Crippen molar-refractivity contribution >= 4 is 21.6 Å². The smallest absolute Gasteiger partial charge is 0.251 e. The van der Waals surface area contributed by atoms with Gasteiger partial charge in [0, 0.05) is 5.56 Å². The lowest BCUT2D eigenvalue weighted by Crippen LogP contribution is -2.30. The number of anilines is 1. The topological polar surface area (TPSA) is 84.9 Å². The van der Waals surface area contributed by atoms with Crippen LogP contribution in [-0.4, -0.2) is 40.8 Å². The van der Waals surface area contributed by atoms with Gasteiger partial charge in [-0.05, 0) is 54.1 Å². The lowest BCUT2D eigenvalue weighted by Gasteiger charge is -2.23. The summed E-state index contributed by atoms with van der Waals surface area (Å²) in [6.07, 6.45) is 1.02. The van der Waals surface area contributed by atoms with Crippen LogP contribution in [0.25, 0.3) is 0 Å². The highest BCUT2D eigenvalue weighted by Gasteiger charge is 2.21. The second-order valence-electron chi connectivity index (χ2n) is 7.20. The number of carbonyl (C=O) groups excluding carboxylic acids is 1. The molecule has 174 valence electrons. The zero-order valence-electron chi connectivity index (χ0n) is 18.3. The van der Waals surface area contributed by atoms with E-state index in [-0.39, 0.29) is 18.1 Å².